The smallest absolute Gasteiger partial charge is 0.222 e. The fourth-order valence-electron chi connectivity index (χ4n) is 5.01. The van der Waals surface area contributed by atoms with E-state index in [1.807, 2.05) is 143 Å². The van der Waals surface area contributed by atoms with E-state index in [1.165, 1.54) is 16.7 Å². The zero-order chi connectivity index (χ0) is 33.0. The van der Waals surface area contributed by atoms with E-state index in [0.717, 1.165) is 6.42 Å². The Kier molecular flexibility index (Phi) is 15.5. The second kappa shape index (κ2) is 19.8. The van der Waals surface area contributed by atoms with Crippen LogP contribution in [-0.2, 0) is 10.1 Å². The number of benzene rings is 3. The van der Waals surface area contributed by atoms with Gasteiger partial charge >= 0.3 is 0 Å². The highest BCUT2D eigenvalue weighted by molar-refractivity contribution is 6.28. The lowest BCUT2D eigenvalue weighted by molar-refractivity contribution is -0.897. The van der Waals surface area contributed by atoms with Crippen molar-refractivity contribution in [2.24, 2.45) is 0 Å². The second-order valence-electron chi connectivity index (χ2n) is 11.0. The molecule has 0 N–H and O–H groups in total. The molecule has 0 saturated carbocycles. The fraction of sp³-hybridized carbons (Fsp3) is 0.263. The van der Waals surface area contributed by atoms with Crippen molar-refractivity contribution in [1.82, 2.24) is 0 Å². The third-order valence-electron chi connectivity index (χ3n) is 6.79. The largest absolute Gasteiger partial charge is 0.871 e. The third-order valence-corrected chi connectivity index (χ3v) is 6.79. The molecule has 0 radical (unpaired) electrons. The van der Waals surface area contributed by atoms with E-state index < -0.39 is 7.32 Å². The molecule has 0 fully saturated rings. The average molecular weight is 621 g/mol. The maximum atomic E-state index is 10.7. The molecule has 3 aromatic carbocycles. The average Bonchev–Trinajstić information content (AvgIpc) is 3.07. The minimum atomic E-state index is -2.23. The van der Waals surface area contributed by atoms with E-state index in [1.54, 1.807) is 9.46 Å². The van der Waals surface area contributed by atoms with Crippen LogP contribution in [0.15, 0.2) is 152 Å². The van der Waals surface area contributed by atoms with Crippen molar-refractivity contribution in [2.75, 3.05) is 6.61 Å². The minimum absolute atomic E-state index is 0.159. The first kappa shape index (κ1) is 36.0. The quantitative estimate of drug-likeness (QED) is 0.0907. The maximum Gasteiger partial charge on any atom is 0.222 e. The van der Waals surface area contributed by atoms with Gasteiger partial charge in [0.05, 0.1) is 7.32 Å². The molecule has 0 atom stereocenters. The van der Waals surface area contributed by atoms with Gasteiger partial charge in [-0.25, -0.2) is 0 Å². The molecule has 2 heterocycles. The van der Waals surface area contributed by atoms with Gasteiger partial charge in [-0.15, -0.1) is 0 Å². The molecular weight excluding hydrogens is 575 g/mol. The van der Waals surface area contributed by atoms with Crippen LogP contribution in [0.1, 0.15) is 57.2 Å². The molecule has 46 heavy (non-hydrogen) atoms. The molecule has 0 spiro atoms. The van der Waals surface area contributed by atoms with Crippen LogP contribution in [0, 0.1) is 0 Å². The SMILES string of the molecule is CC(C)O[n+]1ccccc1.CC(C)O[n+]1ccccc1.[O-]B([O-])OCCCC(c1ccccc1)(c1ccccc1)c1ccccc1. The second-order valence-corrected chi connectivity index (χ2v) is 11.0. The molecule has 5 aromatic rings. The molecule has 0 aliphatic heterocycles. The van der Waals surface area contributed by atoms with Gasteiger partial charge in [-0.3, -0.25) is 9.68 Å². The number of hydrogen-bond donors (Lipinski definition) is 0. The van der Waals surface area contributed by atoms with Gasteiger partial charge in [-0.1, -0.05) is 103 Å². The van der Waals surface area contributed by atoms with Crippen molar-refractivity contribution >= 4 is 7.32 Å². The molecule has 240 valence electrons. The Bertz CT molecular complexity index is 1320. The Morgan fingerprint density at radius 2 is 0.870 bits per heavy atom. The van der Waals surface area contributed by atoms with Crippen molar-refractivity contribution in [3.63, 3.8) is 0 Å². The Morgan fingerprint density at radius 1 is 0.543 bits per heavy atom. The lowest BCUT2D eigenvalue weighted by Gasteiger charge is -2.37. The third kappa shape index (κ3) is 12.1. The van der Waals surface area contributed by atoms with Crippen molar-refractivity contribution in [3.05, 3.63) is 169 Å². The minimum Gasteiger partial charge on any atom is -0.871 e. The Morgan fingerprint density at radius 3 is 1.17 bits per heavy atom. The van der Waals surface area contributed by atoms with Gasteiger partial charge < -0.3 is 14.7 Å². The Balaban J connectivity index is 0.000000235. The van der Waals surface area contributed by atoms with E-state index in [-0.39, 0.29) is 24.2 Å². The highest BCUT2D eigenvalue weighted by atomic mass is 16.7. The molecule has 5 rings (SSSR count). The molecule has 8 heteroatoms. The molecule has 2 aromatic heterocycles. The summed E-state index contributed by atoms with van der Waals surface area (Å²) in [5.74, 6) is 0. The molecule has 0 bridgehead atoms. The van der Waals surface area contributed by atoms with Gasteiger partial charge in [-0.05, 0) is 57.2 Å². The fourth-order valence-corrected chi connectivity index (χ4v) is 5.01. The number of nitrogens with zero attached hydrogens (tertiary/aromatic N) is 2. The first-order valence-electron chi connectivity index (χ1n) is 15.7. The van der Waals surface area contributed by atoms with Crippen LogP contribution in [0.25, 0.3) is 0 Å². The van der Waals surface area contributed by atoms with Gasteiger partial charge in [0.1, 0.15) is 0 Å². The van der Waals surface area contributed by atoms with E-state index in [2.05, 4.69) is 36.4 Å². The highest BCUT2D eigenvalue weighted by Gasteiger charge is 2.35. The van der Waals surface area contributed by atoms with Crippen molar-refractivity contribution in [2.45, 2.75) is 58.2 Å². The van der Waals surface area contributed by atoms with Gasteiger partial charge in [-0.2, -0.15) is 0 Å². The Hall–Kier alpha value is -4.50. The lowest BCUT2D eigenvalue weighted by Crippen LogP contribution is -2.48. The number of aromatic nitrogens is 2. The summed E-state index contributed by atoms with van der Waals surface area (Å²) in [6.45, 7) is 8.16. The van der Waals surface area contributed by atoms with Crippen LogP contribution >= 0.6 is 0 Å². The van der Waals surface area contributed by atoms with Gasteiger partial charge in [0.2, 0.25) is 24.8 Å². The summed E-state index contributed by atoms with van der Waals surface area (Å²) in [5, 5.41) is 21.4. The number of hydrogen-bond acceptors (Lipinski definition) is 5. The molecule has 0 aliphatic rings. The van der Waals surface area contributed by atoms with E-state index >= 15 is 0 Å². The van der Waals surface area contributed by atoms with Gasteiger partial charge in [0.25, 0.3) is 0 Å². The van der Waals surface area contributed by atoms with Crippen molar-refractivity contribution in [1.29, 1.82) is 0 Å². The first-order chi connectivity index (χ1) is 22.3. The summed E-state index contributed by atoms with van der Waals surface area (Å²) in [4.78, 5) is 10.7. The number of pyridine rings is 2. The molecule has 0 aliphatic carbocycles. The zero-order valence-electron chi connectivity index (χ0n) is 27.2. The summed E-state index contributed by atoms with van der Waals surface area (Å²) in [6, 6.07) is 42.7. The zero-order valence-corrected chi connectivity index (χ0v) is 27.2. The normalized spacial score (nSPS) is 10.7. The van der Waals surface area contributed by atoms with Crippen LogP contribution in [0.5, 0.6) is 0 Å². The summed E-state index contributed by atoms with van der Waals surface area (Å²) in [5.41, 5.74) is 3.17. The van der Waals surface area contributed by atoms with E-state index in [4.69, 9.17) is 14.3 Å². The summed E-state index contributed by atoms with van der Waals surface area (Å²) >= 11 is 0. The molecular formula is C38H45BN2O5. The van der Waals surface area contributed by atoms with E-state index in [0.29, 0.717) is 6.42 Å². The maximum absolute atomic E-state index is 10.7. The molecule has 7 nitrogen and oxygen atoms in total. The summed E-state index contributed by atoms with van der Waals surface area (Å²) in [7, 11) is -2.23. The lowest BCUT2D eigenvalue weighted by atomic mass is 9.67. The van der Waals surface area contributed by atoms with Crippen molar-refractivity contribution in [3.8, 4) is 0 Å². The molecule has 0 amide bonds. The van der Waals surface area contributed by atoms with E-state index in [9.17, 15) is 10.0 Å². The van der Waals surface area contributed by atoms with Crippen LogP contribution in [-0.4, -0.2) is 26.1 Å². The highest BCUT2D eigenvalue weighted by Crippen LogP contribution is 2.42. The van der Waals surface area contributed by atoms with Crippen LogP contribution < -0.4 is 29.2 Å². The topological polar surface area (TPSA) is 81.6 Å². The summed E-state index contributed by atoms with van der Waals surface area (Å²) < 4.78 is 8.13. The molecule has 0 saturated heterocycles. The van der Waals surface area contributed by atoms with Gasteiger partial charge in [0.15, 0.2) is 12.2 Å². The first-order valence-corrected chi connectivity index (χ1v) is 15.7. The summed E-state index contributed by atoms with van der Waals surface area (Å²) in [6.07, 6.45) is 9.30. The van der Waals surface area contributed by atoms with Crippen LogP contribution in [0.4, 0.5) is 0 Å². The predicted molar refractivity (Wildman–Crippen MR) is 177 cm³/mol. The predicted octanol–water partition coefficient (Wildman–Crippen LogP) is 4.15. The van der Waals surface area contributed by atoms with Crippen molar-refractivity contribution < 1.29 is 33.8 Å². The van der Waals surface area contributed by atoms with Crippen LogP contribution in [0.2, 0.25) is 0 Å². The van der Waals surface area contributed by atoms with Crippen LogP contribution in [0.3, 0.4) is 0 Å². The Labute approximate surface area is 274 Å². The number of rotatable bonds is 12. The monoisotopic (exact) mass is 620 g/mol. The van der Waals surface area contributed by atoms with Gasteiger partial charge in [0, 0.05) is 45.7 Å². The molecule has 0 unspecified atom stereocenters. The standard InChI is InChI=1S/C22H21BO3.2C8H12NO/c24-23(25)26-18-10-17-22(19-11-4-1-5-12-19,20-13-6-2-7-14-20)21-15-8-3-9-16-21;2*1-8(2)10-9-6-4-3-5-7-9/h1-9,11-16H,10,17-18H2;2*3-8H,1-2H3/q-2;2*+1.